The van der Waals surface area contributed by atoms with Crippen LogP contribution in [0.15, 0.2) is 52.8 Å². The Labute approximate surface area is 150 Å². The second-order valence-electron chi connectivity index (χ2n) is 6.23. The SMILES string of the molecule is CCCCCN1OC(N)=CC1c1ccc(-c2cccc(C(F)(F)F)c2)o1. The summed E-state index contributed by atoms with van der Waals surface area (Å²) in [6, 6.07) is 8.20. The van der Waals surface area contributed by atoms with Crippen molar-refractivity contribution in [3.8, 4) is 11.3 Å². The molecule has 0 saturated carbocycles. The lowest BCUT2D eigenvalue weighted by Crippen LogP contribution is -2.24. The molecule has 1 unspecified atom stereocenters. The maximum Gasteiger partial charge on any atom is 0.416 e. The second kappa shape index (κ2) is 7.45. The fraction of sp³-hybridized carbons (Fsp3) is 0.368. The molecule has 7 heteroatoms. The Hall–Kier alpha value is -2.41. The Morgan fingerprint density at radius 1 is 1.15 bits per heavy atom. The van der Waals surface area contributed by atoms with E-state index < -0.39 is 11.7 Å². The molecule has 1 aromatic carbocycles. The molecule has 0 fully saturated rings. The molecular formula is C19H21F3N2O2. The molecule has 140 valence electrons. The molecule has 0 amide bonds. The van der Waals surface area contributed by atoms with Crippen molar-refractivity contribution in [3.63, 3.8) is 0 Å². The van der Waals surface area contributed by atoms with Crippen molar-refractivity contribution in [2.24, 2.45) is 5.73 Å². The fourth-order valence-electron chi connectivity index (χ4n) is 2.90. The molecule has 0 bridgehead atoms. The van der Waals surface area contributed by atoms with Crippen molar-refractivity contribution < 1.29 is 22.4 Å². The van der Waals surface area contributed by atoms with Crippen LogP contribution in [0, 0.1) is 0 Å². The number of halogens is 3. The van der Waals surface area contributed by atoms with E-state index in [2.05, 4.69) is 6.92 Å². The molecule has 2 aromatic rings. The lowest BCUT2D eigenvalue weighted by Gasteiger charge is -2.20. The number of hydrogen-bond acceptors (Lipinski definition) is 4. The predicted octanol–water partition coefficient (Wildman–Crippen LogP) is 5.24. The van der Waals surface area contributed by atoms with E-state index >= 15 is 0 Å². The van der Waals surface area contributed by atoms with Crippen molar-refractivity contribution in [1.82, 2.24) is 5.06 Å². The molecular weight excluding hydrogens is 345 g/mol. The van der Waals surface area contributed by atoms with Gasteiger partial charge in [0.15, 0.2) is 0 Å². The summed E-state index contributed by atoms with van der Waals surface area (Å²) in [5.41, 5.74) is 5.44. The smallest absolute Gasteiger partial charge is 0.416 e. The summed E-state index contributed by atoms with van der Waals surface area (Å²) >= 11 is 0. The number of furan rings is 1. The fourth-order valence-corrected chi connectivity index (χ4v) is 2.90. The first-order chi connectivity index (χ1) is 12.4. The minimum absolute atomic E-state index is 0.286. The third-order valence-electron chi connectivity index (χ3n) is 4.23. The van der Waals surface area contributed by atoms with E-state index in [1.54, 1.807) is 29.3 Å². The zero-order valence-electron chi connectivity index (χ0n) is 14.4. The van der Waals surface area contributed by atoms with E-state index in [1.807, 2.05) is 0 Å². The highest BCUT2D eigenvalue weighted by Gasteiger charge is 2.32. The Balaban J connectivity index is 1.81. The van der Waals surface area contributed by atoms with E-state index in [4.69, 9.17) is 15.0 Å². The molecule has 1 aromatic heterocycles. The largest absolute Gasteiger partial charge is 0.459 e. The highest BCUT2D eigenvalue weighted by molar-refractivity contribution is 5.59. The van der Waals surface area contributed by atoms with Crippen molar-refractivity contribution in [3.05, 3.63) is 59.7 Å². The average molecular weight is 366 g/mol. The van der Waals surface area contributed by atoms with Gasteiger partial charge in [0.05, 0.1) is 5.56 Å². The monoisotopic (exact) mass is 366 g/mol. The van der Waals surface area contributed by atoms with Gasteiger partial charge in [0.1, 0.15) is 17.6 Å². The van der Waals surface area contributed by atoms with Crippen LogP contribution in [0.2, 0.25) is 0 Å². The van der Waals surface area contributed by atoms with E-state index in [-0.39, 0.29) is 6.04 Å². The van der Waals surface area contributed by atoms with Crippen molar-refractivity contribution in [2.45, 2.75) is 38.4 Å². The number of alkyl halides is 3. The van der Waals surface area contributed by atoms with Gasteiger partial charge in [-0.2, -0.15) is 13.2 Å². The van der Waals surface area contributed by atoms with E-state index in [9.17, 15) is 13.2 Å². The van der Waals surface area contributed by atoms with Crippen molar-refractivity contribution >= 4 is 0 Å². The van der Waals surface area contributed by atoms with Gasteiger partial charge < -0.3 is 15.0 Å². The van der Waals surface area contributed by atoms with E-state index in [1.165, 1.54) is 6.07 Å². The van der Waals surface area contributed by atoms with E-state index in [0.29, 0.717) is 29.5 Å². The molecule has 1 atom stereocenters. The molecule has 0 radical (unpaired) electrons. The first kappa shape index (κ1) is 18.4. The van der Waals surface area contributed by atoms with Gasteiger partial charge in [-0.15, -0.1) is 5.06 Å². The molecule has 2 heterocycles. The predicted molar refractivity (Wildman–Crippen MR) is 91.5 cm³/mol. The minimum atomic E-state index is -4.39. The third-order valence-corrected chi connectivity index (χ3v) is 4.23. The zero-order chi connectivity index (χ0) is 18.7. The summed E-state index contributed by atoms with van der Waals surface area (Å²) < 4.78 is 44.5. The molecule has 1 aliphatic rings. The summed E-state index contributed by atoms with van der Waals surface area (Å²) in [5, 5.41) is 1.74. The van der Waals surface area contributed by atoms with Crippen LogP contribution in [0.5, 0.6) is 0 Å². The van der Waals surface area contributed by atoms with Crippen LogP contribution in [-0.4, -0.2) is 11.6 Å². The highest BCUT2D eigenvalue weighted by atomic mass is 19.4. The van der Waals surface area contributed by atoms with Crippen LogP contribution in [0.4, 0.5) is 13.2 Å². The number of hydrogen-bond donors (Lipinski definition) is 1. The maximum absolute atomic E-state index is 12.9. The zero-order valence-corrected chi connectivity index (χ0v) is 14.4. The highest BCUT2D eigenvalue weighted by Crippen LogP contribution is 2.36. The third kappa shape index (κ3) is 4.04. The molecule has 4 nitrogen and oxygen atoms in total. The van der Waals surface area contributed by atoms with Crippen LogP contribution in [0.3, 0.4) is 0 Å². The molecule has 1 aliphatic heterocycles. The summed E-state index contributed by atoms with van der Waals surface area (Å²) in [7, 11) is 0. The van der Waals surface area contributed by atoms with Crippen LogP contribution in [0.1, 0.15) is 43.6 Å². The van der Waals surface area contributed by atoms with Gasteiger partial charge in [0.25, 0.3) is 0 Å². The number of rotatable bonds is 6. The lowest BCUT2D eigenvalue weighted by molar-refractivity contribution is -0.137. The summed E-state index contributed by atoms with van der Waals surface area (Å²) in [4.78, 5) is 5.52. The van der Waals surface area contributed by atoms with Gasteiger partial charge in [-0.05, 0) is 30.7 Å². The number of nitrogens with two attached hydrogens (primary N) is 1. The maximum atomic E-state index is 12.9. The Morgan fingerprint density at radius 2 is 1.96 bits per heavy atom. The molecule has 0 saturated heterocycles. The minimum Gasteiger partial charge on any atom is -0.459 e. The average Bonchev–Trinajstić information content (AvgIpc) is 3.21. The second-order valence-corrected chi connectivity index (χ2v) is 6.23. The van der Waals surface area contributed by atoms with Crippen molar-refractivity contribution in [2.75, 3.05) is 6.54 Å². The molecule has 2 N–H and O–H groups in total. The van der Waals surface area contributed by atoms with E-state index in [0.717, 1.165) is 31.4 Å². The summed E-state index contributed by atoms with van der Waals surface area (Å²) in [5.74, 6) is 1.25. The number of hydroxylamine groups is 2. The summed E-state index contributed by atoms with van der Waals surface area (Å²) in [6.07, 6.45) is 0.454. The Kier molecular flexibility index (Phi) is 5.27. The van der Waals surface area contributed by atoms with Gasteiger partial charge in [-0.25, -0.2) is 0 Å². The molecule has 3 rings (SSSR count). The molecule has 0 spiro atoms. The Morgan fingerprint density at radius 3 is 2.69 bits per heavy atom. The van der Waals surface area contributed by atoms with Crippen LogP contribution in [-0.2, 0) is 11.0 Å². The topological polar surface area (TPSA) is 51.6 Å². The first-order valence-electron chi connectivity index (χ1n) is 8.57. The lowest BCUT2D eigenvalue weighted by atomic mass is 10.1. The van der Waals surface area contributed by atoms with Gasteiger partial charge in [0, 0.05) is 18.2 Å². The van der Waals surface area contributed by atoms with Crippen molar-refractivity contribution in [1.29, 1.82) is 0 Å². The van der Waals surface area contributed by atoms with Gasteiger partial charge in [-0.1, -0.05) is 31.9 Å². The number of benzene rings is 1. The normalized spacial score (nSPS) is 18.0. The van der Waals surface area contributed by atoms with Gasteiger partial charge >= 0.3 is 6.18 Å². The first-order valence-corrected chi connectivity index (χ1v) is 8.57. The quantitative estimate of drug-likeness (QED) is 0.710. The Bertz CT molecular complexity index is 783. The van der Waals surface area contributed by atoms with Crippen LogP contribution < -0.4 is 5.73 Å². The summed E-state index contributed by atoms with van der Waals surface area (Å²) in [6.45, 7) is 2.80. The van der Waals surface area contributed by atoms with Crippen LogP contribution >= 0.6 is 0 Å². The van der Waals surface area contributed by atoms with Crippen LogP contribution in [0.25, 0.3) is 11.3 Å². The van der Waals surface area contributed by atoms with Gasteiger partial charge in [0.2, 0.25) is 5.88 Å². The molecule has 0 aliphatic carbocycles. The number of unbranched alkanes of at least 4 members (excludes halogenated alkanes) is 2. The number of nitrogens with zero attached hydrogens (tertiary/aromatic N) is 1. The molecule has 26 heavy (non-hydrogen) atoms. The standard InChI is InChI=1S/C19H21F3N2O2/c1-2-3-4-10-24-15(12-18(23)26-24)17-9-8-16(25-17)13-6-5-7-14(11-13)19(20,21)22/h5-9,11-12,15H,2-4,10,23H2,1H3. The van der Waals surface area contributed by atoms with Gasteiger partial charge in [-0.3, -0.25) is 0 Å².